The molecule has 0 spiro atoms. The summed E-state index contributed by atoms with van der Waals surface area (Å²) in [6.45, 7) is 0.549. The molecule has 0 unspecified atom stereocenters. The standard InChI is InChI=1S/C12H15F2NO2/c1-17-12(16)9-6-8(4-2-3-5-15)7-10(13)11(9)14/h6-7H,2-5,15H2,1H3. The lowest BCUT2D eigenvalue weighted by Gasteiger charge is -2.06. The van der Waals surface area contributed by atoms with Crippen LogP contribution in [0.25, 0.3) is 0 Å². The van der Waals surface area contributed by atoms with E-state index in [1.807, 2.05) is 0 Å². The van der Waals surface area contributed by atoms with Crippen LogP contribution in [0.5, 0.6) is 0 Å². The molecule has 0 aliphatic heterocycles. The molecule has 0 atom stereocenters. The van der Waals surface area contributed by atoms with Crippen molar-refractivity contribution in [1.29, 1.82) is 0 Å². The van der Waals surface area contributed by atoms with E-state index in [0.717, 1.165) is 26.0 Å². The molecule has 2 N–H and O–H groups in total. The van der Waals surface area contributed by atoms with E-state index in [-0.39, 0.29) is 5.56 Å². The first-order valence-corrected chi connectivity index (χ1v) is 5.36. The summed E-state index contributed by atoms with van der Waals surface area (Å²) in [6.07, 6.45) is 2.12. The van der Waals surface area contributed by atoms with E-state index in [2.05, 4.69) is 4.74 Å². The fourth-order valence-corrected chi connectivity index (χ4v) is 1.52. The summed E-state index contributed by atoms with van der Waals surface area (Å²) in [5, 5.41) is 0. The molecule has 17 heavy (non-hydrogen) atoms. The minimum atomic E-state index is -1.17. The third kappa shape index (κ3) is 3.49. The van der Waals surface area contributed by atoms with Gasteiger partial charge in [-0.1, -0.05) is 0 Å². The summed E-state index contributed by atoms with van der Waals surface area (Å²) in [7, 11) is 1.13. The molecular formula is C12H15F2NO2. The zero-order valence-corrected chi connectivity index (χ0v) is 9.63. The summed E-state index contributed by atoms with van der Waals surface area (Å²) in [5.74, 6) is -3.07. The lowest BCUT2D eigenvalue weighted by atomic mass is 10.0. The number of methoxy groups -OCH3 is 1. The van der Waals surface area contributed by atoms with Crippen molar-refractivity contribution < 1.29 is 18.3 Å². The van der Waals surface area contributed by atoms with Crippen molar-refractivity contribution in [1.82, 2.24) is 0 Å². The molecule has 1 aromatic carbocycles. The fourth-order valence-electron chi connectivity index (χ4n) is 1.52. The molecule has 0 aliphatic carbocycles. The van der Waals surface area contributed by atoms with Gasteiger partial charge in [-0.2, -0.15) is 0 Å². The van der Waals surface area contributed by atoms with E-state index >= 15 is 0 Å². The molecule has 5 heteroatoms. The number of nitrogens with two attached hydrogens (primary N) is 1. The first-order valence-electron chi connectivity index (χ1n) is 5.36. The molecule has 0 aliphatic rings. The highest BCUT2D eigenvalue weighted by Crippen LogP contribution is 2.17. The maximum absolute atomic E-state index is 13.3. The molecule has 1 rings (SSSR count). The van der Waals surface area contributed by atoms with Crippen molar-refractivity contribution in [3.8, 4) is 0 Å². The lowest BCUT2D eigenvalue weighted by molar-refractivity contribution is 0.0594. The van der Waals surface area contributed by atoms with Gasteiger partial charge in [0.15, 0.2) is 11.6 Å². The Bertz CT molecular complexity index is 408. The number of unbranched alkanes of at least 4 members (excludes halogenated alkanes) is 1. The topological polar surface area (TPSA) is 52.3 Å². The van der Waals surface area contributed by atoms with Crippen LogP contribution in [0, 0.1) is 11.6 Å². The van der Waals surface area contributed by atoms with Crippen molar-refractivity contribution in [3.63, 3.8) is 0 Å². The molecule has 0 aromatic heterocycles. The number of ether oxygens (including phenoxy) is 1. The van der Waals surface area contributed by atoms with Gasteiger partial charge in [0.05, 0.1) is 12.7 Å². The van der Waals surface area contributed by atoms with Gasteiger partial charge in [-0.05, 0) is 43.5 Å². The normalized spacial score (nSPS) is 10.4. The van der Waals surface area contributed by atoms with Crippen molar-refractivity contribution in [2.75, 3.05) is 13.7 Å². The average Bonchev–Trinajstić information content (AvgIpc) is 2.32. The van der Waals surface area contributed by atoms with Crippen LogP contribution in [0.4, 0.5) is 8.78 Å². The highest BCUT2D eigenvalue weighted by Gasteiger charge is 2.17. The molecule has 0 fully saturated rings. The minimum absolute atomic E-state index is 0.366. The summed E-state index contributed by atoms with van der Waals surface area (Å²) in [6, 6.07) is 2.42. The zero-order valence-electron chi connectivity index (χ0n) is 9.63. The Balaban J connectivity index is 2.93. The van der Waals surface area contributed by atoms with Crippen LogP contribution in [0.3, 0.4) is 0 Å². The van der Waals surface area contributed by atoms with Crippen LogP contribution in [0.1, 0.15) is 28.8 Å². The highest BCUT2D eigenvalue weighted by atomic mass is 19.2. The number of hydrogen-bond acceptors (Lipinski definition) is 3. The van der Waals surface area contributed by atoms with E-state index in [4.69, 9.17) is 5.73 Å². The highest BCUT2D eigenvalue weighted by molar-refractivity contribution is 5.89. The predicted octanol–water partition coefficient (Wildman–Crippen LogP) is 2.03. The molecular weight excluding hydrogens is 228 g/mol. The fraction of sp³-hybridized carbons (Fsp3) is 0.417. The van der Waals surface area contributed by atoms with Crippen LogP contribution in [-0.4, -0.2) is 19.6 Å². The number of aryl methyl sites for hydroxylation is 1. The van der Waals surface area contributed by atoms with Crippen molar-refractivity contribution in [3.05, 3.63) is 34.9 Å². The quantitative estimate of drug-likeness (QED) is 0.636. The molecule has 0 amide bonds. The Morgan fingerprint density at radius 1 is 1.35 bits per heavy atom. The summed E-state index contributed by atoms with van der Waals surface area (Å²) in [4.78, 5) is 11.2. The van der Waals surface area contributed by atoms with Crippen LogP contribution >= 0.6 is 0 Å². The average molecular weight is 243 g/mol. The number of benzene rings is 1. The second-order valence-corrected chi connectivity index (χ2v) is 3.68. The number of carbonyl (C=O) groups is 1. The van der Waals surface area contributed by atoms with Crippen LogP contribution < -0.4 is 5.73 Å². The monoisotopic (exact) mass is 243 g/mol. The summed E-state index contributed by atoms with van der Waals surface area (Å²) in [5.41, 5.74) is 5.54. The van der Waals surface area contributed by atoms with E-state index in [9.17, 15) is 13.6 Å². The van der Waals surface area contributed by atoms with E-state index in [1.165, 1.54) is 6.07 Å². The summed E-state index contributed by atoms with van der Waals surface area (Å²) < 4.78 is 30.9. The smallest absolute Gasteiger partial charge is 0.340 e. The zero-order chi connectivity index (χ0) is 12.8. The maximum atomic E-state index is 13.3. The number of esters is 1. The second kappa shape index (κ2) is 6.30. The van der Waals surface area contributed by atoms with Gasteiger partial charge < -0.3 is 10.5 Å². The van der Waals surface area contributed by atoms with Gasteiger partial charge in [0.25, 0.3) is 0 Å². The van der Waals surface area contributed by atoms with Crippen molar-refractivity contribution in [2.45, 2.75) is 19.3 Å². The third-order valence-corrected chi connectivity index (χ3v) is 2.41. The number of carbonyl (C=O) groups excluding carboxylic acids is 1. The molecule has 1 aromatic rings. The first-order chi connectivity index (χ1) is 8.10. The minimum Gasteiger partial charge on any atom is -0.465 e. The molecule has 0 radical (unpaired) electrons. The van der Waals surface area contributed by atoms with Gasteiger partial charge in [-0.25, -0.2) is 13.6 Å². The van der Waals surface area contributed by atoms with Gasteiger partial charge in [0.2, 0.25) is 0 Å². The van der Waals surface area contributed by atoms with Gasteiger partial charge in [-0.3, -0.25) is 0 Å². The Hall–Kier alpha value is -1.49. The third-order valence-electron chi connectivity index (χ3n) is 2.41. The number of halogens is 2. The van der Waals surface area contributed by atoms with E-state index < -0.39 is 17.6 Å². The SMILES string of the molecule is COC(=O)c1cc(CCCCN)cc(F)c1F. The molecule has 3 nitrogen and oxygen atoms in total. The Morgan fingerprint density at radius 2 is 2.06 bits per heavy atom. The predicted molar refractivity (Wildman–Crippen MR) is 59.7 cm³/mol. The maximum Gasteiger partial charge on any atom is 0.340 e. The molecule has 0 saturated heterocycles. The van der Waals surface area contributed by atoms with Crippen molar-refractivity contribution in [2.24, 2.45) is 5.73 Å². The summed E-state index contributed by atoms with van der Waals surface area (Å²) >= 11 is 0. The molecule has 0 bridgehead atoms. The Kier molecular flexibility index (Phi) is 5.03. The lowest BCUT2D eigenvalue weighted by Crippen LogP contribution is -2.08. The van der Waals surface area contributed by atoms with Crippen molar-refractivity contribution >= 4 is 5.97 Å². The largest absolute Gasteiger partial charge is 0.465 e. The molecule has 0 saturated carbocycles. The van der Waals surface area contributed by atoms with Crippen LogP contribution in [0.2, 0.25) is 0 Å². The Morgan fingerprint density at radius 3 is 2.65 bits per heavy atom. The van der Waals surface area contributed by atoms with Gasteiger partial charge in [-0.15, -0.1) is 0 Å². The Labute approximate surface area is 98.6 Å². The number of hydrogen-bond donors (Lipinski definition) is 1. The molecule has 0 heterocycles. The van der Waals surface area contributed by atoms with Crippen LogP contribution in [-0.2, 0) is 11.2 Å². The van der Waals surface area contributed by atoms with Gasteiger partial charge in [0.1, 0.15) is 0 Å². The van der Waals surface area contributed by atoms with Gasteiger partial charge >= 0.3 is 5.97 Å². The number of rotatable bonds is 5. The first kappa shape index (κ1) is 13.6. The van der Waals surface area contributed by atoms with E-state index in [0.29, 0.717) is 18.5 Å². The van der Waals surface area contributed by atoms with Gasteiger partial charge in [0, 0.05) is 0 Å². The molecule has 94 valence electrons. The van der Waals surface area contributed by atoms with Crippen LogP contribution in [0.15, 0.2) is 12.1 Å². The second-order valence-electron chi connectivity index (χ2n) is 3.68. The van der Waals surface area contributed by atoms with E-state index in [1.54, 1.807) is 0 Å².